The largest absolute Gasteiger partial charge is 0.298 e. The number of carbonyl (C=O) groups excluding carboxylic acids is 1. The number of nitrogens with zero attached hydrogens (tertiary/aromatic N) is 2. The molecule has 0 aromatic carbocycles. The van der Waals surface area contributed by atoms with Gasteiger partial charge in [0.25, 0.3) is 0 Å². The minimum absolute atomic E-state index is 0.447. The molecule has 0 radical (unpaired) electrons. The molecule has 0 amide bonds. The zero-order chi connectivity index (χ0) is 10.3. The van der Waals surface area contributed by atoms with Crippen LogP contribution in [0.3, 0.4) is 0 Å². The third-order valence-electron chi connectivity index (χ3n) is 3.19. The van der Waals surface area contributed by atoms with Gasteiger partial charge in [-0.15, -0.1) is 0 Å². The first kappa shape index (κ1) is 9.44. The van der Waals surface area contributed by atoms with Crippen LogP contribution in [-0.2, 0) is 0 Å². The van der Waals surface area contributed by atoms with Gasteiger partial charge >= 0.3 is 0 Å². The van der Waals surface area contributed by atoms with Crippen LogP contribution in [0.25, 0.3) is 0 Å². The first-order valence-electron chi connectivity index (χ1n) is 5.16. The quantitative estimate of drug-likeness (QED) is 0.689. The second kappa shape index (κ2) is 3.23. The van der Waals surface area contributed by atoms with Crippen molar-refractivity contribution in [3.63, 3.8) is 0 Å². The predicted octanol–water partition coefficient (Wildman–Crippen LogP) is 2.28. The van der Waals surface area contributed by atoms with Crippen LogP contribution in [0.1, 0.15) is 47.6 Å². The lowest BCUT2D eigenvalue weighted by Crippen LogP contribution is -2.10. The molecule has 0 N–H and O–H groups in total. The molecule has 0 spiro atoms. The fraction of sp³-hybridized carbons (Fsp3) is 0.636. The smallest absolute Gasteiger partial charge is 0.153 e. The van der Waals surface area contributed by atoms with E-state index < -0.39 is 0 Å². The van der Waals surface area contributed by atoms with Crippen LogP contribution in [0.2, 0.25) is 0 Å². The molecule has 2 rings (SSSR count). The van der Waals surface area contributed by atoms with Crippen LogP contribution in [-0.4, -0.2) is 16.1 Å². The summed E-state index contributed by atoms with van der Waals surface area (Å²) < 4.78 is 2.01. The predicted molar refractivity (Wildman–Crippen MR) is 54.5 cm³/mol. The van der Waals surface area contributed by atoms with Crippen molar-refractivity contribution in [1.82, 2.24) is 9.78 Å². The van der Waals surface area contributed by atoms with Crippen molar-refractivity contribution >= 4 is 6.29 Å². The maximum Gasteiger partial charge on any atom is 0.153 e. The maximum atomic E-state index is 10.8. The van der Waals surface area contributed by atoms with Crippen LogP contribution < -0.4 is 0 Å². The number of rotatable bonds is 3. The number of carbonyl (C=O) groups is 1. The van der Waals surface area contributed by atoms with E-state index in [1.807, 2.05) is 18.5 Å². The van der Waals surface area contributed by atoms with Gasteiger partial charge in [0.2, 0.25) is 0 Å². The van der Waals surface area contributed by atoms with E-state index in [4.69, 9.17) is 0 Å². The van der Waals surface area contributed by atoms with Gasteiger partial charge in [0, 0.05) is 5.69 Å². The van der Waals surface area contributed by atoms with E-state index in [0.29, 0.717) is 6.04 Å². The van der Waals surface area contributed by atoms with E-state index in [-0.39, 0.29) is 0 Å². The minimum atomic E-state index is 0.447. The van der Waals surface area contributed by atoms with Gasteiger partial charge in [0.15, 0.2) is 6.29 Å². The molecule has 1 aliphatic carbocycles. The number of aryl methyl sites for hydroxylation is 1. The van der Waals surface area contributed by atoms with E-state index >= 15 is 0 Å². The molecular formula is C11H16N2O. The highest BCUT2D eigenvalue weighted by atomic mass is 16.1. The normalized spacial score (nSPS) is 18.2. The Morgan fingerprint density at radius 3 is 2.57 bits per heavy atom. The number of hydrogen-bond acceptors (Lipinski definition) is 2. The van der Waals surface area contributed by atoms with Gasteiger partial charge < -0.3 is 0 Å². The highest BCUT2D eigenvalue weighted by Gasteiger charge is 2.31. The zero-order valence-electron chi connectivity index (χ0n) is 8.95. The summed E-state index contributed by atoms with van der Waals surface area (Å²) in [5.41, 5.74) is 2.62. The Bertz CT molecular complexity index is 364. The van der Waals surface area contributed by atoms with E-state index in [0.717, 1.165) is 29.2 Å². The summed E-state index contributed by atoms with van der Waals surface area (Å²) in [5, 5.41) is 4.43. The average molecular weight is 192 g/mol. The van der Waals surface area contributed by atoms with Crippen LogP contribution in [0, 0.1) is 19.8 Å². The Morgan fingerprint density at radius 2 is 2.14 bits per heavy atom. The van der Waals surface area contributed by atoms with Gasteiger partial charge in [0.05, 0.1) is 17.3 Å². The van der Waals surface area contributed by atoms with E-state index in [9.17, 15) is 4.79 Å². The molecule has 0 aliphatic heterocycles. The summed E-state index contributed by atoms with van der Waals surface area (Å²) >= 11 is 0. The van der Waals surface area contributed by atoms with Crippen molar-refractivity contribution in [2.45, 2.75) is 39.7 Å². The minimum Gasteiger partial charge on any atom is -0.298 e. The highest BCUT2D eigenvalue weighted by molar-refractivity contribution is 5.78. The first-order chi connectivity index (χ1) is 6.65. The molecule has 76 valence electrons. The molecule has 1 saturated carbocycles. The Hall–Kier alpha value is -1.12. The second-order valence-electron chi connectivity index (χ2n) is 4.22. The Morgan fingerprint density at radius 1 is 1.50 bits per heavy atom. The Kier molecular flexibility index (Phi) is 2.17. The molecule has 1 aliphatic rings. The fourth-order valence-electron chi connectivity index (χ4n) is 2.02. The molecule has 1 atom stereocenters. The molecule has 0 bridgehead atoms. The third-order valence-corrected chi connectivity index (χ3v) is 3.19. The van der Waals surface area contributed by atoms with Gasteiger partial charge in [-0.05, 0) is 39.5 Å². The monoisotopic (exact) mass is 192 g/mol. The van der Waals surface area contributed by atoms with Gasteiger partial charge in [-0.1, -0.05) is 0 Å². The van der Waals surface area contributed by atoms with E-state index in [1.54, 1.807) is 0 Å². The van der Waals surface area contributed by atoms with Gasteiger partial charge in [-0.25, -0.2) is 0 Å². The Labute approximate surface area is 84.1 Å². The zero-order valence-corrected chi connectivity index (χ0v) is 8.95. The molecule has 14 heavy (non-hydrogen) atoms. The van der Waals surface area contributed by atoms with Gasteiger partial charge in [-0.2, -0.15) is 5.10 Å². The summed E-state index contributed by atoms with van der Waals surface area (Å²) in [6, 6.07) is 0.447. The lowest BCUT2D eigenvalue weighted by atomic mass is 10.2. The number of hydrogen-bond donors (Lipinski definition) is 0. The van der Waals surface area contributed by atoms with Crippen LogP contribution in [0.5, 0.6) is 0 Å². The van der Waals surface area contributed by atoms with Crippen molar-refractivity contribution in [2.24, 2.45) is 5.92 Å². The van der Waals surface area contributed by atoms with E-state index in [1.165, 1.54) is 12.8 Å². The summed E-state index contributed by atoms with van der Waals surface area (Å²) in [5.74, 6) is 0.771. The van der Waals surface area contributed by atoms with Crippen molar-refractivity contribution in [1.29, 1.82) is 0 Å². The second-order valence-corrected chi connectivity index (χ2v) is 4.22. The van der Waals surface area contributed by atoms with Gasteiger partial charge in [0.1, 0.15) is 0 Å². The summed E-state index contributed by atoms with van der Waals surface area (Å²) in [6.07, 6.45) is 3.51. The topological polar surface area (TPSA) is 34.9 Å². The average Bonchev–Trinajstić information content (AvgIpc) is 2.93. The van der Waals surface area contributed by atoms with Crippen molar-refractivity contribution < 1.29 is 4.79 Å². The first-order valence-corrected chi connectivity index (χ1v) is 5.16. The van der Waals surface area contributed by atoms with E-state index in [2.05, 4.69) is 12.0 Å². The molecular weight excluding hydrogens is 176 g/mol. The molecule has 1 aromatic rings. The SMILES string of the molecule is Cc1nn(C(C)C2CC2)c(C)c1C=O. The lowest BCUT2D eigenvalue weighted by molar-refractivity contribution is 0.112. The van der Waals surface area contributed by atoms with Crippen LogP contribution in [0.4, 0.5) is 0 Å². The molecule has 3 heteroatoms. The molecule has 1 unspecified atom stereocenters. The van der Waals surface area contributed by atoms with Crippen LogP contribution in [0.15, 0.2) is 0 Å². The molecule has 1 fully saturated rings. The van der Waals surface area contributed by atoms with Crippen molar-refractivity contribution in [3.8, 4) is 0 Å². The highest BCUT2D eigenvalue weighted by Crippen LogP contribution is 2.39. The lowest BCUT2D eigenvalue weighted by Gasteiger charge is -2.12. The van der Waals surface area contributed by atoms with Crippen molar-refractivity contribution in [3.05, 3.63) is 17.0 Å². The number of aldehydes is 1. The third kappa shape index (κ3) is 1.37. The Balaban J connectivity index is 2.37. The standard InChI is InChI=1S/C11H16N2O/c1-7-11(6-14)9(3)13(12-7)8(2)10-4-5-10/h6,8,10H,4-5H2,1-3H3. The molecule has 1 aromatic heterocycles. The van der Waals surface area contributed by atoms with Crippen molar-refractivity contribution in [2.75, 3.05) is 0 Å². The number of aromatic nitrogens is 2. The fourth-order valence-corrected chi connectivity index (χ4v) is 2.02. The van der Waals surface area contributed by atoms with Crippen LogP contribution >= 0.6 is 0 Å². The summed E-state index contributed by atoms with van der Waals surface area (Å²) in [7, 11) is 0. The molecule has 1 heterocycles. The molecule has 0 saturated heterocycles. The molecule has 3 nitrogen and oxygen atoms in total. The maximum absolute atomic E-state index is 10.8. The summed E-state index contributed by atoms with van der Waals surface area (Å²) in [6.45, 7) is 6.06. The summed E-state index contributed by atoms with van der Waals surface area (Å²) in [4.78, 5) is 10.8. The van der Waals surface area contributed by atoms with Gasteiger partial charge in [-0.3, -0.25) is 9.48 Å².